The van der Waals surface area contributed by atoms with Crippen molar-refractivity contribution >= 4 is 11.6 Å². The van der Waals surface area contributed by atoms with Gasteiger partial charge in [-0.15, -0.1) is 0 Å². The van der Waals surface area contributed by atoms with Crippen LogP contribution >= 0.6 is 0 Å². The highest BCUT2D eigenvalue weighted by molar-refractivity contribution is 6.05. The average molecular weight is 364 g/mol. The summed E-state index contributed by atoms with van der Waals surface area (Å²) < 4.78 is 55.9. The zero-order chi connectivity index (χ0) is 18.7. The Bertz CT molecular complexity index is 873. The number of hydrogen-bond donors (Lipinski definition) is 0. The van der Waals surface area contributed by atoms with E-state index >= 15 is 0 Å². The fourth-order valence-electron chi connectivity index (χ4n) is 2.31. The van der Waals surface area contributed by atoms with Crippen LogP contribution in [-0.4, -0.2) is 10.9 Å². The minimum Gasteiger partial charge on any atom is -0.472 e. The highest BCUT2D eigenvalue weighted by atomic mass is 19.4. The van der Waals surface area contributed by atoms with E-state index in [1.807, 2.05) is 0 Å². The molecular formula is C18H12F4N2O2. The van der Waals surface area contributed by atoms with Crippen LogP contribution in [0.25, 0.3) is 0 Å². The molecule has 0 saturated heterocycles. The maximum absolute atomic E-state index is 13.2. The third-order valence-electron chi connectivity index (χ3n) is 3.61. The van der Waals surface area contributed by atoms with E-state index in [-0.39, 0.29) is 12.1 Å². The number of benzene rings is 1. The topological polar surface area (TPSA) is 46.3 Å². The fraction of sp³-hybridized carbons (Fsp3) is 0.111. The number of hydrogen-bond acceptors (Lipinski definition) is 3. The normalized spacial score (nSPS) is 11.4. The van der Waals surface area contributed by atoms with Crippen LogP contribution in [0, 0.1) is 5.82 Å². The second kappa shape index (κ2) is 6.99. The van der Waals surface area contributed by atoms with E-state index in [1.165, 1.54) is 53.8 Å². The molecular weight excluding hydrogens is 352 g/mol. The quantitative estimate of drug-likeness (QED) is 0.632. The molecule has 2 aromatic heterocycles. The van der Waals surface area contributed by atoms with Gasteiger partial charge in [-0.1, -0.05) is 6.07 Å². The number of amides is 1. The number of furan rings is 1. The summed E-state index contributed by atoms with van der Waals surface area (Å²) in [5.74, 6) is -0.911. The number of nitrogens with zero attached hydrogens (tertiary/aromatic N) is 2. The van der Waals surface area contributed by atoms with E-state index in [0.29, 0.717) is 11.3 Å². The third-order valence-corrected chi connectivity index (χ3v) is 3.61. The van der Waals surface area contributed by atoms with Crippen molar-refractivity contribution in [2.75, 3.05) is 4.90 Å². The number of carbonyl (C=O) groups is 1. The van der Waals surface area contributed by atoms with E-state index in [1.54, 1.807) is 0 Å². The van der Waals surface area contributed by atoms with Gasteiger partial charge < -0.3 is 9.32 Å². The Morgan fingerprint density at radius 2 is 1.81 bits per heavy atom. The lowest BCUT2D eigenvalue weighted by Gasteiger charge is -2.22. The molecule has 8 heteroatoms. The highest BCUT2D eigenvalue weighted by Gasteiger charge is 2.32. The summed E-state index contributed by atoms with van der Waals surface area (Å²) >= 11 is 0. The van der Waals surface area contributed by atoms with Gasteiger partial charge in [0.25, 0.3) is 5.91 Å². The standard InChI is InChI=1S/C18H12F4N2O2/c19-14-2-4-15(5-3-14)24(17(25)13-7-8-26-11-13)10-12-1-6-16(23-9-12)18(20,21)22/h1-9,11H,10H2. The second-order valence-corrected chi connectivity index (χ2v) is 5.43. The SMILES string of the molecule is O=C(c1ccoc1)N(Cc1ccc(C(F)(F)F)nc1)c1ccc(F)cc1. The van der Waals surface area contributed by atoms with Gasteiger partial charge in [0, 0.05) is 11.9 Å². The Morgan fingerprint density at radius 1 is 1.08 bits per heavy atom. The van der Waals surface area contributed by atoms with Gasteiger partial charge in [-0.25, -0.2) is 4.39 Å². The van der Waals surface area contributed by atoms with Gasteiger partial charge in [-0.05, 0) is 42.0 Å². The molecule has 26 heavy (non-hydrogen) atoms. The Morgan fingerprint density at radius 3 is 2.35 bits per heavy atom. The van der Waals surface area contributed by atoms with Crippen molar-refractivity contribution in [2.45, 2.75) is 12.7 Å². The summed E-state index contributed by atoms with van der Waals surface area (Å²) in [6.45, 7) is -0.0409. The highest BCUT2D eigenvalue weighted by Crippen LogP contribution is 2.28. The van der Waals surface area contributed by atoms with Crippen LogP contribution in [0.15, 0.2) is 65.6 Å². The van der Waals surface area contributed by atoms with Gasteiger partial charge in [0.05, 0.1) is 18.4 Å². The van der Waals surface area contributed by atoms with E-state index in [9.17, 15) is 22.4 Å². The molecule has 0 N–H and O–H groups in total. The summed E-state index contributed by atoms with van der Waals surface area (Å²) in [5.41, 5.74) is 0.0154. The van der Waals surface area contributed by atoms with Crippen LogP contribution in [0.4, 0.5) is 23.2 Å². The molecule has 0 aliphatic heterocycles. The van der Waals surface area contributed by atoms with Crippen molar-refractivity contribution in [2.24, 2.45) is 0 Å². The lowest BCUT2D eigenvalue weighted by atomic mass is 10.2. The molecule has 0 saturated carbocycles. The molecule has 1 aromatic carbocycles. The largest absolute Gasteiger partial charge is 0.472 e. The molecule has 0 bridgehead atoms. The Kier molecular flexibility index (Phi) is 4.75. The van der Waals surface area contributed by atoms with Gasteiger partial charge in [0.15, 0.2) is 0 Å². The minimum atomic E-state index is -4.54. The summed E-state index contributed by atoms with van der Waals surface area (Å²) in [5, 5.41) is 0. The summed E-state index contributed by atoms with van der Waals surface area (Å²) in [6, 6.07) is 8.75. The van der Waals surface area contributed by atoms with Crippen LogP contribution in [0.2, 0.25) is 0 Å². The van der Waals surface area contributed by atoms with Crippen molar-refractivity contribution < 1.29 is 26.8 Å². The molecule has 0 unspecified atom stereocenters. The monoisotopic (exact) mass is 364 g/mol. The van der Waals surface area contributed by atoms with E-state index in [4.69, 9.17) is 4.42 Å². The molecule has 3 rings (SSSR count). The lowest BCUT2D eigenvalue weighted by Crippen LogP contribution is -2.30. The van der Waals surface area contributed by atoms with Crippen molar-refractivity contribution in [3.63, 3.8) is 0 Å². The molecule has 0 aliphatic rings. The number of pyridine rings is 1. The van der Waals surface area contributed by atoms with E-state index < -0.39 is 23.6 Å². The number of carbonyl (C=O) groups excluding carboxylic acids is 1. The van der Waals surface area contributed by atoms with Gasteiger partial charge in [0.1, 0.15) is 17.8 Å². The Labute approximate surface area is 145 Å². The molecule has 3 aromatic rings. The predicted molar refractivity (Wildman–Crippen MR) is 84.9 cm³/mol. The molecule has 0 fully saturated rings. The average Bonchev–Trinajstić information content (AvgIpc) is 3.14. The maximum Gasteiger partial charge on any atom is 0.433 e. The van der Waals surface area contributed by atoms with Crippen LogP contribution < -0.4 is 4.90 Å². The summed E-state index contributed by atoms with van der Waals surface area (Å²) in [4.78, 5) is 17.4. The zero-order valence-electron chi connectivity index (χ0n) is 13.2. The van der Waals surface area contributed by atoms with Crippen molar-refractivity contribution in [1.82, 2.24) is 4.98 Å². The number of aromatic nitrogens is 1. The first kappa shape index (κ1) is 17.7. The summed E-state index contributed by atoms with van der Waals surface area (Å²) in [6.07, 6.45) is -0.899. The minimum absolute atomic E-state index is 0.0409. The Balaban J connectivity index is 1.91. The molecule has 0 aliphatic carbocycles. The predicted octanol–water partition coefficient (Wildman–Crippen LogP) is 4.68. The smallest absolute Gasteiger partial charge is 0.433 e. The van der Waals surface area contributed by atoms with Crippen LogP contribution in [0.1, 0.15) is 21.6 Å². The maximum atomic E-state index is 13.2. The molecule has 0 atom stereocenters. The molecule has 4 nitrogen and oxygen atoms in total. The van der Waals surface area contributed by atoms with Crippen molar-refractivity contribution in [1.29, 1.82) is 0 Å². The van der Waals surface area contributed by atoms with Gasteiger partial charge in [-0.2, -0.15) is 13.2 Å². The summed E-state index contributed by atoms with van der Waals surface area (Å²) in [7, 11) is 0. The van der Waals surface area contributed by atoms with Crippen LogP contribution in [0.5, 0.6) is 0 Å². The van der Waals surface area contributed by atoms with Crippen molar-refractivity contribution in [3.8, 4) is 0 Å². The lowest BCUT2D eigenvalue weighted by molar-refractivity contribution is -0.141. The van der Waals surface area contributed by atoms with Crippen LogP contribution in [0.3, 0.4) is 0 Å². The molecule has 0 radical (unpaired) electrons. The zero-order valence-corrected chi connectivity index (χ0v) is 13.2. The number of halogens is 4. The van der Waals surface area contributed by atoms with E-state index in [0.717, 1.165) is 12.3 Å². The first-order valence-corrected chi connectivity index (χ1v) is 7.46. The molecule has 1 amide bonds. The number of alkyl halides is 3. The third kappa shape index (κ3) is 3.90. The van der Waals surface area contributed by atoms with E-state index in [2.05, 4.69) is 4.98 Å². The van der Waals surface area contributed by atoms with Crippen molar-refractivity contribution in [3.05, 3.63) is 83.8 Å². The molecule has 2 heterocycles. The van der Waals surface area contributed by atoms with Gasteiger partial charge in [-0.3, -0.25) is 9.78 Å². The number of rotatable bonds is 4. The molecule has 134 valence electrons. The first-order chi connectivity index (χ1) is 12.3. The Hall–Kier alpha value is -3.16. The fourth-order valence-corrected chi connectivity index (χ4v) is 2.31. The van der Waals surface area contributed by atoms with Crippen LogP contribution in [-0.2, 0) is 12.7 Å². The molecule has 0 spiro atoms. The number of anilines is 1. The second-order valence-electron chi connectivity index (χ2n) is 5.43. The first-order valence-electron chi connectivity index (χ1n) is 7.46. The van der Waals surface area contributed by atoms with Gasteiger partial charge >= 0.3 is 6.18 Å². The van der Waals surface area contributed by atoms with Gasteiger partial charge in [0.2, 0.25) is 0 Å².